The molecule has 3 aromatic rings. The SMILES string of the molecule is Cn1ccnc1COc1ccc(NC(=O)C=Cc2ccc(Cl)cc2)cc1. The minimum absolute atomic E-state index is 0.207. The third-order valence-corrected chi connectivity index (χ3v) is 3.96. The van der Waals surface area contributed by atoms with Gasteiger partial charge in [-0.25, -0.2) is 4.98 Å². The topological polar surface area (TPSA) is 56.1 Å². The summed E-state index contributed by atoms with van der Waals surface area (Å²) in [5.41, 5.74) is 1.60. The highest BCUT2D eigenvalue weighted by Crippen LogP contribution is 2.17. The first-order chi connectivity index (χ1) is 12.6. The summed E-state index contributed by atoms with van der Waals surface area (Å²) < 4.78 is 7.59. The maximum atomic E-state index is 12.0. The summed E-state index contributed by atoms with van der Waals surface area (Å²) in [5.74, 6) is 1.35. The van der Waals surface area contributed by atoms with E-state index in [0.29, 0.717) is 23.1 Å². The van der Waals surface area contributed by atoms with Gasteiger partial charge in [-0.05, 0) is 48.0 Å². The van der Waals surface area contributed by atoms with Gasteiger partial charge in [0.2, 0.25) is 5.91 Å². The van der Waals surface area contributed by atoms with Gasteiger partial charge in [-0.2, -0.15) is 0 Å². The Morgan fingerprint density at radius 3 is 2.58 bits per heavy atom. The highest BCUT2D eigenvalue weighted by atomic mass is 35.5. The van der Waals surface area contributed by atoms with Crippen LogP contribution in [0, 0.1) is 0 Å². The second-order valence-electron chi connectivity index (χ2n) is 5.64. The number of imidazole rings is 1. The van der Waals surface area contributed by atoms with Gasteiger partial charge in [0.15, 0.2) is 0 Å². The van der Waals surface area contributed by atoms with Crippen LogP contribution in [0.2, 0.25) is 5.02 Å². The lowest BCUT2D eigenvalue weighted by Gasteiger charge is -2.07. The van der Waals surface area contributed by atoms with Crippen molar-refractivity contribution in [2.45, 2.75) is 6.61 Å². The smallest absolute Gasteiger partial charge is 0.248 e. The van der Waals surface area contributed by atoms with Gasteiger partial charge >= 0.3 is 0 Å². The van der Waals surface area contributed by atoms with Crippen LogP contribution >= 0.6 is 11.6 Å². The molecule has 0 saturated heterocycles. The Hall–Kier alpha value is -3.05. The molecule has 0 bridgehead atoms. The molecule has 0 aliphatic rings. The number of ether oxygens (including phenoxy) is 1. The van der Waals surface area contributed by atoms with Crippen molar-refractivity contribution in [2.24, 2.45) is 7.05 Å². The van der Waals surface area contributed by atoms with Gasteiger partial charge in [0.25, 0.3) is 0 Å². The van der Waals surface area contributed by atoms with E-state index in [4.69, 9.17) is 16.3 Å². The highest BCUT2D eigenvalue weighted by Gasteiger charge is 2.02. The van der Waals surface area contributed by atoms with E-state index in [1.165, 1.54) is 6.08 Å². The number of hydrogen-bond donors (Lipinski definition) is 1. The molecule has 0 atom stereocenters. The second-order valence-corrected chi connectivity index (χ2v) is 6.08. The van der Waals surface area contributed by atoms with E-state index in [-0.39, 0.29) is 5.91 Å². The van der Waals surface area contributed by atoms with Crippen LogP contribution in [0.25, 0.3) is 6.08 Å². The lowest BCUT2D eigenvalue weighted by atomic mass is 10.2. The molecule has 0 aliphatic heterocycles. The molecule has 0 fully saturated rings. The fourth-order valence-electron chi connectivity index (χ4n) is 2.25. The Kier molecular flexibility index (Phi) is 5.71. The van der Waals surface area contributed by atoms with Gasteiger partial charge in [0, 0.05) is 36.2 Å². The fraction of sp³-hybridized carbons (Fsp3) is 0.100. The van der Waals surface area contributed by atoms with Crippen molar-refractivity contribution >= 4 is 29.3 Å². The quantitative estimate of drug-likeness (QED) is 0.661. The molecule has 0 aliphatic carbocycles. The number of nitrogens with one attached hydrogen (secondary N) is 1. The summed E-state index contributed by atoms with van der Waals surface area (Å²) >= 11 is 5.84. The molecule has 1 amide bonds. The Labute approximate surface area is 156 Å². The molecule has 0 unspecified atom stereocenters. The molecule has 0 radical (unpaired) electrons. The summed E-state index contributed by atoms with van der Waals surface area (Å²) in [5, 5.41) is 3.47. The van der Waals surface area contributed by atoms with E-state index in [0.717, 1.165) is 11.4 Å². The van der Waals surface area contributed by atoms with Gasteiger partial charge in [-0.3, -0.25) is 4.79 Å². The molecule has 1 aromatic heterocycles. The number of carbonyl (C=O) groups excluding carboxylic acids is 1. The molecule has 26 heavy (non-hydrogen) atoms. The molecular weight excluding hydrogens is 350 g/mol. The van der Waals surface area contributed by atoms with E-state index >= 15 is 0 Å². The summed E-state index contributed by atoms with van der Waals surface area (Å²) in [6.07, 6.45) is 6.81. The van der Waals surface area contributed by atoms with Gasteiger partial charge < -0.3 is 14.6 Å². The monoisotopic (exact) mass is 367 g/mol. The molecule has 6 heteroatoms. The third-order valence-electron chi connectivity index (χ3n) is 3.71. The highest BCUT2D eigenvalue weighted by molar-refractivity contribution is 6.30. The van der Waals surface area contributed by atoms with Crippen molar-refractivity contribution in [1.82, 2.24) is 9.55 Å². The first kappa shape index (κ1) is 17.8. The average molecular weight is 368 g/mol. The zero-order chi connectivity index (χ0) is 18.4. The van der Waals surface area contributed by atoms with E-state index < -0.39 is 0 Å². The van der Waals surface area contributed by atoms with Crippen LogP contribution in [-0.2, 0) is 18.4 Å². The third kappa shape index (κ3) is 4.97. The molecule has 2 aromatic carbocycles. The van der Waals surface area contributed by atoms with Crippen molar-refractivity contribution in [3.8, 4) is 5.75 Å². The Morgan fingerprint density at radius 2 is 1.92 bits per heavy atom. The van der Waals surface area contributed by atoms with E-state index in [1.54, 1.807) is 36.5 Å². The molecule has 1 heterocycles. The normalized spacial score (nSPS) is 10.8. The van der Waals surface area contributed by atoms with Crippen LogP contribution in [0.5, 0.6) is 5.75 Å². The fourth-order valence-corrected chi connectivity index (χ4v) is 2.37. The number of hydrogen-bond acceptors (Lipinski definition) is 3. The van der Waals surface area contributed by atoms with Crippen molar-refractivity contribution in [1.29, 1.82) is 0 Å². The maximum absolute atomic E-state index is 12.0. The van der Waals surface area contributed by atoms with Crippen molar-refractivity contribution < 1.29 is 9.53 Å². The van der Waals surface area contributed by atoms with Crippen LogP contribution in [0.3, 0.4) is 0 Å². The van der Waals surface area contributed by atoms with E-state index in [2.05, 4.69) is 10.3 Å². The van der Waals surface area contributed by atoms with Crippen LogP contribution in [0.4, 0.5) is 5.69 Å². The lowest BCUT2D eigenvalue weighted by molar-refractivity contribution is -0.111. The number of amides is 1. The number of benzene rings is 2. The summed E-state index contributed by atoms with van der Waals surface area (Å²) in [6.45, 7) is 0.388. The number of rotatable bonds is 6. The van der Waals surface area contributed by atoms with Crippen LogP contribution in [0.1, 0.15) is 11.4 Å². The summed E-state index contributed by atoms with van der Waals surface area (Å²) in [6, 6.07) is 14.5. The predicted octanol–water partition coefficient (Wildman–Crippen LogP) is 4.30. The van der Waals surface area contributed by atoms with E-state index in [9.17, 15) is 4.79 Å². The molecular formula is C20H18ClN3O2. The zero-order valence-electron chi connectivity index (χ0n) is 14.2. The first-order valence-electron chi connectivity index (χ1n) is 8.04. The van der Waals surface area contributed by atoms with Gasteiger partial charge in [0.1, 0.15) is 18.2 Å². The summed E-state index contributed by atoms with van der Waals surface area (Å²) in [7, 11) is 1.92. The largest absolute Gasteiger partial charge is 0.486 e. The first-order valence-corrected chi connectivity index (χ1v) is 8.41. The lowest BCUT2D eigenvalue weighted by Crippen LogP contribution is -2.07. The number of halogens is 1. The van der Waals surface area contributed by atoms with Crippen LogP contribution in [-0.4, -0.2) is 15.5 Å². The molecule has 0 spiro atoms. The van der Waals surface area contributed by atoms with Gasteiger partial charge in [-0.1, -0.05) is 23.7 Å². The number of nitrogens with zero attached hydrogens (tertiary/aromatic N) is 2. The van der Waals surface area contributed by atoms with Crippen LogP contribution in [0.15, 0.2) is 67.0 Å². The molecule has 3 rings (SSSR count). The van der Waals surface area contributed by atoms with Gasteiger partial charge in [0.05, 0.1) is 0 Å². The number of anilines is 1. The molecule has 5 nitrogen and oxygen atoms in total. The van der Waals surface area contributed by atoms with Crippen molar-refractivity contribution in [3.05, 3.63) is 83.4 Å². The maximum Gasteiger partial charge on any atom is 0.248 e. The van der Waals surface area contributed by atoms with Crippen molar-refractivity contribution in [3.63, 3.8) is 0 Å². The Morgan fingerprint density at radius 1 is 1.19 bits per heavy atom. The Balaban J connectivity index is 1.52. The number of aryl methyl sites for hydroxylation is 1. The van der Waals surface area contributed by atoms with Crippen molar-refractivity contribution in [2.75, 3.05) is 5.32 Å². The molecule has 132 valence electrons. The second kappa shape index (κ2) is 8.36. The minimum Gasteiger partial charge on any atom is -0.486 e. The predicted molar refractivity (Wildman–Crippen MR) is 103 cm³/mol. The van der Waals surface area contributed by atoms with E-state index in [1.807, 2.05) is 42.1 Å². The van der Waals surface area contributed by atoms with Gasteiger partial charge in [-0.15, -0.1) is 0 Å². The minimum atomic E-state index is -0.207. The zero-order valence-corrected chi connectivity index (χ0v) is 15.0. The Bertz CT molecular complexity index is 900. The standard InChI is InChI=1S/C20H18ClN3O2/c1-24-13-12-22-19(24)14-26-18-9-7-17(8-10-18)23-20(25)11-4-15-2-5-16(21)6-3-15/h2-13H,14H2,1H3,(H,23,25). The average Bonchev–Trinajstić information content (AvgIpc) is 3.06. The molecule has 0 saturated carbocycles. The molecule has 1 N–H and O–H groups in total. The van der Waals surface area contributed by atoms with Crippen LogP contribution < -0.4 is 10.1 Å². The number of aromatic nitrogens is 2. The number of carbonyl (C=O) groups is 1. The summed E-state index contributed by atoms with van der Waals surface area (Å²) in [4.78, 5) is 16.2.